The second-order valence-corrected chi connectivity index (χ2v) is 9.28. The van der Waals surface area contributed by atoms with Gasteiger partial charge in [-0.25, -0.2) is 8.42 Å². The molecule has 0 bridgehead atoms. The summed E-state index contributed by atoms with van der Waals surface area (Å²) >= 11 is 0. The Morgan fingerprint density at radius 2 is 1.57 bits per heavy atom. The maximum Gasteiger partial charge on any atom is 0.259 e. The number of piperidine rings is 1. The van der Waals surface area contributed by atoms with Gasteiger partial charge >= 0.3 is 0 Å². The van der Waals surface area contributed by atoms with Gasteiger partial charge in [-0.15, -0.1) is 0 Å². The zero-order chi connectivity index (χ0) is 21.1. The van der Waals surface area contributed by atoms with Crippen LogP contribution in [0.1, 0.15) is 29.6 Å². The summed E-state index contributed by atoms with van der Waals surface area (Å²) in [5.41, 5.74) is 0.939. The Morgan fingerprint density at radius 1 is 0.933 bits per heavy atom. The second-order valence-electron chi connectivity index (χ2n) is 7.34. The van der Waals surface area contributed by atoms with Crippen molar-refractivity contribution in [1.82, 2.24) is 4.31 Å². The summed E-state index contributed by atoms with van der Waals surface area (Å²) in [6.07, 6.45) is 2.84. The zero-order valence-corrected chi connectivity index (χ0v) is 17.6. The fourth-order valence-electron chi connectivity index (χ4n) is 3.73. The number of nitrogens with one attached hydrogen (secondary N) is 1. The molecule has 0 spiro atoms. The smallest absolute Gasteiger partial charge is 0.259 e. The van der Waals surface area contributed by atoms with Crippen LogP contribution in [0.5, 0.6) is 5.75 Å². The number of sulfonamides is 1. The van der Waals surface area contributed by atoms with Crippen molar-refractivity contribution in [3.63, 3.8) is 0 Å². The lowest BCUT2D eigenvalue weighted by atomic mass is 10.1. The van der Waals surface area contributed by atoms with Crippen LogP contribution < -0.4 is 10.1 Å². The van der Waals surface area contributed by atoms with Crippen LogP contribution in [0.25, 0.3) is 10.8 Å². The molecule has 3 aromatic rings. The molecule has 0 aromatic heterocycles. The molecule has 7 heteroatoms. The van der Waals surface area contributed by atoms with Gasteiger partial charge in [0.05, 0.1) is 17.6 Å². The van der Waals surface area contributed by atoms with Gasteiger partial charge in [0.25, 0.3) is 5.91 Å². The average Bonchev–Trinajstić information content (AvgIpc) is 2.79. The molecule has 1 heterocycles. The highest BCUT2D eigenvalue weighted by molar-refractivity contribution is 7.89. The topological polar surface area (TPSA) is 75.7 Å². The van der Waals surface area contributed by atoms with E-state index in [2.05, 4.69) is 5.32 Å². The number of anilines is 1. The van der Waals surface area contributed by atoms with Crippen molar-refractivity contribution in [2.24, 2.45) is 0 Å². The monoisotopic (exact) mass is 424 g/mol. The zero-order valence-electron chi connectivity index (χ0n) is 16.8. The van der Waals surface area contributed by atoms with Crippen LogP contribution in [0.4, 0.5) is 5.69 Å². The molecule has 0 radical (unpaired) electrons. The van der Waals surface area contributed by atoms with Crippen molar-refractivity contribution in [3.05, 3.63) is 66.2 Å². The predicted molar refractivity (Wildman–Crippen MR) is 118 cm³/mol. The van der Waals surface area contributed by atoms with E-state index in [0.29, 0.717) is 30.1 Å². The Balaban J connectivity index is 1.55. The number of amides is 1. The Bertz CT molecular complexity index is 1170. The van der Waals surface area contributed by atoms with E-state index < -0.39 is 10.0 Å². The van der Waals surface area contributed by atoms with Gasteiger partial charge in [0.2, 0.25) is 10.0 Å². The molecule has 1 amide bonds. The van der Waals surface area contributed by atoms with Crippen molar-refractivity contribution >= 4 is 32.4 Å². The van der Waals surface area contributed by atoms with E-state index >= 15 is 0 Å². The number of benzene rings is 3. The molecule has 0 aliphatic carbocycles. The summed E-state index contributed by atoms with van der Waals surface area (Å²) in [4.78, 5) is 13.1. The highest BCUT2D eigenvalue weighted by Gasteiger charge is 2.25. The number of methoxy groups -OCH3 is 1. The number of hydrogen-bond acceptors (Lipinski definition) is 4. The molecule has 0 saturated carbocycles. The Hall–Kier alpha value is -2.90. The van der Waals surface area contributed by atoms with Crippen molar-refractivity contribution in [2.75, 3.05) is 25.5 Å². The minimum Gasteiger partial charge on any atom is -0.496 e. The van der Waals surface area contributed by atoms with E-state index in [9.17, 15) is 13.2 Å². The van der Waals surface area contributed by atoms with Gasteiger partial charge in [0, 0.05) is 18.8 Å². The largest absolute Gasteiger partial charge is 0.496 e. The molecule has 0 unspecified atom stereocenters. The van der Waals surface area contributed by atoms with Crippen molar-refractivity contribution in [1.29, 1.82) is 0 Å². The number of ether oxygens (including phenoxy) is 1. The Kier molecular flexibility index (Phi) is 5.74. The van der Waals surface area contributed by atoms with Gasteiger partial charge in [0.15, 0.2) is 0 Å². The van der Waals surface area contributed by atoms with Crippen LogP contribution >= 0.6 is 0 Å². The molecule has 1 aliphatic heterocycles. The van der Waals surface area contributed by atoms with Gasteiger partial charge in [-0.1, -0.05) is 30.7 Å². The second kappa shape index (κ2) is 8.45. The molecule has 30 heavy (non-hydrogen) atoms. The number of fused-ring (bicyclic) bond motifs is 1. The number of carbonyl (C=O) groups excluding carboxylic acids is 1. The highest BCUT2D eigenvalue weighted by atomic mass is 32.2. The van der Waals surface area contributed by atoms with E-state index in [1.54, 1.807) is 18.2 Å². The SMILES string of the molecule is COc1cc2ccccc2cc1C(=O)Nc1ccc(S(=O)(=O)N2CCCCC2)cc1. The van der Waals surface area contributed by atoms with Crippen LogP contribution in [0.3, 0.4) is 0 Å². The van der Waals surface area contributed by atoms with Gasteiger partial charge in [0.1, 0.15) is 5.75 Å². The number of hydrogen-bond donors (Lipinski definition) is 1. The molecular formula is C23H24N2O4S. The number of carbonyl (C=O) groups is 1. The van der Waals surface area contributed by atoms with Crippen LogP contribution in [0, 0.1) is 0 Å². The summed E-state index contributed by atoms with van der Waals surface area (Å²) in [6.45, 7) is 1.12. The fourth-order valence-corrected chi connectivity index (χ4v) is 5.25. The maximum atomic E-state index is 12.8. The van der Waals surface area contributed by atoms with Crippen LogP contribution in [0.15, 0.2) is 65.6 Å². The fraction of sp³-hybridized carbons (Fsp3) is 0.261. The Morgan fingerprint density at radius 3 is 2.20 bits per heavy atom. The summed E-state index contributed by atoms with van der Waals surface area (Å²) in [5, 5.41) is 4.75. The third-order valence-electron chi connectivity index (χ3n) is 5.38. The molecule has 1 saturated heterocycles. The van der Waals surface area contributed by atoms with Crippen LogP contribution in [-0.4, -0.2) is 38.8 Å². The van der Waals surface area contributed by atoms with Crippen LogP contribution in [-0.2, 0) is 10.0 Å². The molecule has 1 N–H and O–H groups in total. The number of nitrogens with zero attached hydrogens (tertiary/aromatic N) is 1. The third kappa shape index (κ3) is 4.04. The Labute approximate surface area is 176 Å². The lowest BCUT2D eigenvalue weighted by Crippen LogP contribution is -2.35. The third-order valence-corrected chi connectivity index (χ3v) is 7.29. The first-order valence-electron chi connectivity index (χ1n) is 9.97. The highest BCUT2D eigenvalue weighted by Crippen LogP contribution is 2.27. The van der Waals surface area contributed by atoms with Crippen molar-refractivity contribution < 1.29 is 17.9 Å². The first kappa shape index (κ1) is 20.4. The predicted octanol–water partition coefficient (Wildman–Crippen LogP) is 4.28. The van der Waals surface area contributed by atoms with Crippen molar-refractivity contribution in [2.45, 2.75) is 24.2 Å². The molecular weight excluding hydrogens is 400 g/mol. The summed E-state index contributed by atoms with van der Waals surface area (Å²) in [6, 6.07) is 17.7. The van der Waals surface area contributed by atoms with E-state index in [-0.39, 0.29) is 10.8 Å². The van der Waals surface area contributed by atoms with Gasteiger partial charge < -0.3 is 10.1 Å². The van der Waals surface area contributed by atoms with E-state index in [0.717, 1.165) is 30.0 Å². The first-order chi connectivity index (χ1) is 14.5. The molecule has 1 aliphatic rings. The summed E-state index contributed by atoms with van der Waals surface area (Å²) < 4.78 is 32.5. The van der Waals surface area contributed by atoms with Crippen molar-refractivity contribution in [3.8, 4) is 5.75 Å². The average molecular weight is 425 g/mol. The van der Waals surface area contributed by atoms with E-state index in [1.807, 2.05) is 30.3 Å². The molecule has 4 rings (SSSR count). The molecule has 1 fully saturated rings. The van der Waals surface area contributed by atoms with Gasteiger partial charge in [-0.3, -0.25) is 4.79 Å². The molecule has 0 atom stereocenters. The van der Waals surface area contributed by atoms with E-state index in [4.69, 9.17) is 4.74 Å². The van der Waals surface area contributed by atoms with Crippen LogP contribution in [0.2, 0.25) is 0 Å². The first-order valence-corrected chi connectivity index (χ1v) is 11.4. The minimum absolute atomic E-state index is 0.241. The lowest BCUT2D eigenvalue weighted by molar-refractivity contribution is 0.102. The maximum absolute atomic E-state index is 12.8. The normalized spacial score (nSPS) is 15.1. The minimum atomic E-state index is -3.49. The molecule has 3 aromatic carbocycles. The standard InChI is InChI=1S/C23H24N2O4S/c1-29-22-16-18-8-4-3-7-17(18)15-21(22)23(26)24-19-9-11-20(12-10-19)30(27,28)25-13-5-2-6-14-25/h3-4,7-12,15-16H,2,5-6,13-14H2,1H3,(H,24,26). The summed E-state index contributed by atoms with van der Waals surface area (Å²) in [5.74, 6) is 0.166. The number of rotatable bonds is 5. The van der Waals surface area contributed by atoms with Gasteiger partial charge in [-0.2, -0.15) is 4.31 Å². The molecule has 156 valence electrons. The lowest BCUT2D eigenvalue weighted by Gasteiger charge is -2.25. The van der Waals surface area contributed by atoms with Gasteiger partial charge in [-0.05, 0) is 60.0 Å². The van der Waals surface area contributed by atoms with E-state index in [1.165, 1.54) is 23.5 Å². The summed E-state index contributed by atoms with van der Waals surface area (Å²) in [7, 11) is -1.96. The molecule has 6 nitrogen and oxygen atoms in total. The quantitative estimate of drug-likeness (QED) is 0.663.